The fraction of sp³-hybridized carbons (Fsp3) is 0.143. The maximum Gasteiger partial charge on any atom is 0.387 e. The third-order valence-electron chi connectivity index (χ3n) is 2.88. The lowest BCUT2D eigenvalue weighted by Crippen LogP contribution is -2.07. The van der Waals surface area contributed by atoms with Gasteiger partial charge in [0.05, 0.1) is 11.6 Å². The summed E-state index contributed by atoms with van der Waals surface area (Å²) in [4.78, 5) is 3.76. The van der Waals surface area contributed by atoms with Crippen LogP contribution in [0.1, 0.15) is 11.1 Å². The van der Waals surface area contributed by atoms with E-state index in [4.69, 9.17) is 27.2 Å². The molecule has 120 valence electrons. The van der Waals surface area contributed by atoms with E-state index in [1.54, 1.807) is 0 Å². The summed E-state index contributed by atoms with van der Waals surface area (Å²) in [5.74, 6) is 0.218. The summed E-state index contributed by atoms with van der Waals surface area (Å²) in [6.45, 7) is -3.08. The molecule has 6 N–H and O–H groups in total. The molecule has 0 unspecified atom stereocenters. The second-order valence-corrected chi connectivity index (χ2v) is 4.44. The number of halogens is 2. The van der Waals surface area contributed by atoms with E-state index in [-0.39, 0.29) is 41.0 Å². The minimum absolute atomic E-state index is 0.00953. The van der Waals surface area contributed by atoms with Crippen LogP contribution in [0.15, 0.2) is 24.3 Å². The van der Waals surface area contributed by atoms with Gasteiger partial charge in [-0.15, -0.1) is 0 Å². The van der Waals surface area contributed by atoms with Crippen molar-refractivity contribution in [2.24, 2.45) is 0 Å². The van der Waals surface area contributed by atoms with Crippen LogP contribution in [0.2, 0.25) is 0 Å². The number of nitriles is 1. The van der Waals surface area contributed by atoms with Gasteiger partial charge >= 0.3 is 6.61 Å². The van der Waals surface area contributed by atoms with Crippen LogP contribution in [0.5, 0.6) is 11.5 Å². The van der Waals surface area contributed by atoms with Crippen molar-refractivity contribution in [1.29, 1.82) is 5.26 Å². The topological polar surface area (TPSA) is 133 Å². The summed E-state index contributed by atoms with van der Waals surface area (Å²) in [7, 11) is 0. The van der Waals surface area contributed by atoms with Crippen molar-refractivity contribution in [2.45, 2.75) is 13.2 Å². The van der Waals surface area contributed by atoms with Gasteiger partial charge in [0.15, 0.2) is 5.82 Å². The lowest BCUT2D eigenvalue weighted by molar-refractivity contribution is -0.0499. The summed E-state index contributed by atoms with van der Waals surface area (Å²) in [6, 6.07) is 7.22. The first kappa shape index (κ1) is 16.1. The van der Waals surface area contributed by atoms with E-state index in [0.717, 1.165) is 0 Å². The molecule has 0 atom stereocenters. The van der Waals surface area contributed by atoms with Crippen LogP contribution < -0.4 is 26.7 Å². The van der Waals surface area contributed by atoms with Crippen molar-refractivity contribution in [1.82, 2.24) is 4.98 Å². The van der Waals surface area contributed by atoms with Gasteiger partial charge in [-0.2, -0.15) is 14.0 Å². The van der Waals surface area contributed by atoms with Crippen LogP contribution >= 0.6 is 0 Å². The Morgan fingerprint density at radius 1 is 1.22 bits per heavy atom. The molecule has 0 aliphatic heterocycles. The lowest BCUT2D eigenvalue weighted by atomic mass is 10.1. The Morgan fingerprint density at radius 2 is 1.96 bits per heavy atom. The van der Waals surface area contributed by atoms with Crippen LogP contribution in [0.25, 0.3) is 0 Å². The largest absolute Gasteiger partial charge is 0.486 e. The number of hydrogen-bond donors (Lipinski definition) is 3. The van der Waals surface area contributed by atoms with Crippen LogP contribution in [0.4, 0.5) is 26.1 Å². The van der Waals surface area contributed by atoms with Crippen molar-refractivity contribution in [3.05, 3.63) is 35.4 Å². The molecule has 1 aromatic heterocycles. The second-order valence-electron chi connectivity index (χ2n) is 4.44. The maximum absolute atomic E-state index is 12.3. The summed E-state index contributed by atoms with van der Waals surface area (Å²) < 4.78 is 34.3. The summed E-state index contributed by atoms with van der Waals surface area (Å²) in [5, 5.41) is 9.06. The fourth-order valence-electron chi connectivity index (χ4n) is 1.82. The van der Waals surface area contributed by atoms with Gasteiger partial charge in [-0.05, 0) is 18.2 Å². The maximum atomic E-state index is 12.3. The average molecular weight is 321 g/mol. The molecule has 2 rings (SSSR count). The Morgan fingerprint density at radius 3 is 2.61 bits per heavy atom. The fourth-order valence-corrected chi connectivity index (χ4v) is 1.82. The van der Waals surface area contributed by atoms with Gasteiger partial charge < -0.3 is 26.7 Å². The second kappa shape index (κ2) is 6.65. The number of hydrogen-bond acceptors (Lipinski definition) is 7. The molecular weight excluding hydrogens is 308 g/mol. The molecule has 1 heterocycles. The molecule has 0 saturated carbocycles. The first-order chi connectivity index (χ1) is 10.9. The zero-order valence-corrected chi connectivity index (χ0v) is 11.8. The Kier molecular flexibility index (Phi) is 4.66. The molecule has 9 heteroatoms. The predicted molar refractivity (Wildman–Crippen MR) is 79.6 cm³/mol. The highest BCUT2D eigenvalue weighted by Crippen LogP contribution is 2.29. The SMILES string of the molecule is N#Cc1ccc(OC(F)F)cc1COc1cc(N)nc(N)c1N. The Labute approximate surface area is 130 Å². The van der Waals surface area contributed by atoms with Gasteiger partial charge in [0, 0.05) is 11.6 Å². The highest BCUT2D eigenvalue weighted by molar-refractivity contribution is 5.70. The predicted octanol–water partition coefficient (Wildman–Crippen LogP) is 1.88. The molecule has 0 aliphatic carbocycles. The first-order valence-corrected chi connectivity index (χ1v) is 6.32. The first-order valence-electron chi connectivity index (χ1n) is 6.32. The number of benzene rings is 1. The van der Waals surface area contributed by atoms with Crippen LogP contribution in [0.3, 0.4) is 0 Å². The molecule has 0 radical (unpaired) electrons. The number of pyridine rings is 1. The molecule has 0 saturated heterocycles. The summed E-state index contributed by atoms with van der Waals surface area (Å²) in [5.41, 5.74) is 17.5. The lowest BCUT2D eigenvalue weighted by Gasteiger charge is -2.13. The number of nitrogens with zero attached hydrogens (tertiary/aromatic N) is 2. The molecule has 23 heavy (non-hydrogen) atoms. The van der Waals surface area contributed by atoms with Gasteiger partial charge in [0.25, 0.3) is 0 Å². The van der Waals surface area contributed by atoms with Crippen LogP contribution in [-0.2, 0) is 6.61 Å². The van der Waals surface area contributed by atoms with Crippen molar-refractivity contribution >= 4 is 17.3 Å². The number of nitrogen functional groups attached to an aromatic ring is 3. The summed E-state index contributed by atoms with van der Waals surface area (Å²) in [6.07, 6.45) is 0. The Hall–Kier alpha value is -3.28. The van der Waals surface area contributed by atoms with E-state index in [9.17, 15) is 8.78 Å². The van der Waals surface area contributed by atoms with Gasteiger partial charge in [-0.1, -0.05) is 0 Å². The van der Waals surface area contributed by atoms with Gasteiger partial charge in [-0.3, -0.25) is 0 Å². The van der Waals surface area contributed by atoms with Crippen molar-refractivity contribution in [2.75, 3.05) is 17.2 Å². The quantitative estimate of drug-likeness (QED) is 0.765. The smallest absolute Gasteiger partial charge is 0.387 e. The van der Waals surface area contributed by atoms with E-state index in [1.807, 2.05) is 6.07 Å². The number of alkyl halides is 2. The van der Waals surface area contributed by atoms with Crippen LogP contribution in [0, 0.1) is 11.3 Å². The highest BCUT2D eigenvalue weighted by Gasteiger charge is 2.12. The molecule has 0 bridgehead atoms. The minimum atomic E-state index is -2.97. The third kappa shape index (κ3) is 3.88. The van der Waals surface area contributed by atoms with E-state index in [1.165, 1.54) is 24.3 Å². The molecule has 0 spiro atoms. The third-order valence-corrected chi connectivity index (χ3v) is 2.88. The number of aromatic nitrogens is 1. The van der Waals surface area contributed by atoms with Gasteiger partial charge in [-0.25, -0.2) is 4.98 Å². The molecule has 2 aromatic rings. The Bertz CT molecular complexity index is 762. The molecule has 1 aromatic carbocycles. The average Bonchev–Trinajstić information content (AvgIpc) is 2.49. The zero-order valence-electron chi connectivity index (χ0n) is 11.8. The molecule has 0 fully saturated rings. The van der Waals surface area contributed by atoms with E-state index >= 15 is 0 Å². The summed E-state index contributed by atoms with van der Waals surface area (Å²) >= 11 is 0. The zero-order chi connectivity index (χ0) is 17.0. The number of nitrogens with two attached hydrogens (primary N) is 3. The normalized spacial score (nSPS) is 10.3. The number of ether oxygens (including phenoxy) is 2. The van der Waals surface area contributed by atoms with E-state index in [0.29, 0.717) is 5.56 Å². The standard InChI is InChI=1S/C14H13F2N5O2/c15-14(16)23-9-2-1-7(5-17)8(3-9)6-22-10-4-11(18)21-13(20)12(10)19/h1-4,14H,6,19H2,(H4,18,20,21). The molecule has 0 aliphatic rings. The van der Waals surface area contributed by atoms with E-state index < -0.39 is 6.61 Å². The van der Waals surface area contributed by atoms with Crippen molar-refractivity contribution < 1.29 is 18.3 Å². The van der Waals surface area contributed by atoms with E-state index in [2.05, 4.69) is 9.72 Å². The monoisotopic (exact) mass is 321 g/mol. The molecule has 7 nitrogen and oxygen atoms in total. The van der Waals surface area contributed by atoms with Crippen LogP contribution in [-0.4, -0.2) is 11.6 Å². The molecular formula is C14H13F2N5O2. The van der Waals surface area contributed by atoms with Gasteiger partial charge in [0.2, 0.25) is 0 Å². The minimum Gasteiger partial charge on any atom is -0.486 e. The Balaban J connectivity index is 2.24. The number of anilines is 3. The van der Waals surface area contributed by atoms with Crippen molar-refractivity contribution in [3.63, 3.8) is 0 Å². The number of rotatable bonds is 5. The molecule has 0 amide bonds. The van der Waals surface area contributed by atoms with Crippen molar-refractivity contribution in [3.8, 4) is 17.6 Å². The van der Waals surface area contributed by atoms with Gasteiger partial charge in [0.1, 0.15) is 29.6 Å². The highest BCUT2D eigenvalue weighted by atomic mass is 19.3.